The molecule has 3 aliphatic rings. The van der Waals surface area contributed by atoms with Crippen LogP contribution in [0.25, 0.3) is 0 Å². The second-order valence-corrected chi connectivity index (χ2v) is 6.20. The Balaban J connectivity index is 1.62. The molecule has 4 atom stereocenters. The van der Waals surface area contributed by atoms with Crippen molar-refractivity contribution in [3.63, 3.8) is 0 Å². The number of fused-ring (bicyclic) bond motifs is 2. The Morgan fingerprint density at radius 2 is 2.11 bits per heavy atom. The molecule has 0 unspecified atom stereocenters. The zero-order valence-electron chi connectivity index (χ0n) is 10.6. The van der Waals surface area contributed by atoms with E-state index in [1.807, 2.05) is 0 Å². The average molecular weight is 263 g/mol. The molecule has 1 N–H and O–H groups in total. The fourth-order valence-corrected chi connectivity index (χ4v) is 4.21. The van der Waals surface area contributed by atoms with E-state index in [1.165, 1.54) is 6.42 Å². The lowest BCUT2D eigenvalue weighted by Gasteiger charge is -2.64. The fourth-order valence-electron chi connectivity index (χ4n) is 4.21. The molecular weight excluding hydrogens is 243 g/mol. The van der Waals surface area contributed by atoms with E-state index in [0.717, 1.165) is 25.9 Å². The van der Waals surface area contributed by atoms with Gasteiger partial charge in [-0.1, -0.05) is 6.42 Å². The third kappa shape index (κ3) is 1.86. The summed E-state index contributed by atoms with van der Waals surface area (Å²) in [5.74, 6) is 0.445. The van der Waals surface area contributed by atoms with E-state index in [0.29, 0.717) is 12.0 Å². The first kappa shape index (κ1) is 12.7. The van der Waals surface area contributed by atoms with Gasteiger partial charge in [0.15, 0.2) is 0 Å². The van der Waals surface area contributed by atoms with Crippen LogP contribution < -0.4 is 5.32 Å². The highest BCUT2D eigenvalue weighted by Crippen LogP contribution is 2.62. The van der Waals surface area contributed by atoms with Crippen LogP contribution in [0.2, 0.25) is 0 Å². The number of ether oxygens (including phenoxy) is 1. The Bertz CT molecular complexity index is 327. The predicted octanol–water partition coefficient (Wildman–Crippen LogP) is 2.87. The van der Waals surface area contributed by atoms with Gasteiger partial charge >= 0.3 is 6.18 Å². The van der Waals surface area contributed by atoms with Crippen LogP contribution in [0.3, 0.4) is 0 Å². The van der Waals surface area contributed by atoms with Crippen molar-refractivity contribution in [2.45, 2.75) is 63.4 Å². The van der Waals surface area contributed by atoms with Gasteiger partial charge in [-0.05, 0) is 26.2 Å². The number of halogens is 3. The number of nitrogens with one attached hydrogen (secondary N) is 1. The average Bonchev–Trinajstić information content (AvgIpc) is 2.54. The second kappa shape index (κ2) is 4.10. The first-order valence-electron chi connectivity index (χ1n) is 6.87. The first-order valence-corrected chi connectivity index (χ1v) is 6.87. The van der Waals surface area contributed by atoms with Gasteiger partial charge in [-0.2, -0.15) is 13.2 Å². The highest BCUT2D eigenvalue weighted by molar-refractivity contribution is 5.18. The van der Waals surface area contributed by atoms with Gasteiger partial charge in [0, 0.05) is 30.0 Å². The summed E-state index contributed by atoms with van der Waals surface area (Å²) >= 11 is 0. The number of hydrogen-bond donors (Lipinski definition) is 1. The Labute approximate surface area is 105 Å². The van der Waals surface area contributed by atoms with Crippen LogP contribution >= 0.6 is 0 Å². The van der Waals surface area contributed by atoms with Gasteiger partial charge in [-0.3, -0.25) is 0 Å². The summed E-state index contributed by atoms with van der Waals surface area (Å²) in [7, 11) is 0. The van der Waals surface area contributed by atoms with Gasteiger partial charge in [0.2, 0.25) is 0 Å². The van der Waals surface area contributed by atoms with Gasteiger partial charge in [0.1, 0.15) is 0 Å². The minimum Gasteiger partial charge on any atom is -0.377 e. The van der Waals surface area contributed by atoms with E-state index in [1.54, 1.807) is 6.92 Å². The SMILES string of the molecule is C[C@H](CC(F)(F)F)N[C@@H]1[C@@H]2CCO[C@@H]2C12CCC2. The topological polar surface area (TPSA) is 21.3 Å². The minimum atomic E-state index is -4.07. The van der Waals surface area contributed by atoms with Crippen molar-refractivity contribution >= 4 is 0 Å². The summed E-state index contributed by atoms with van der Waals surface area (Å²) in [6.07, 6.45) is -0.0650. The lowest BCUT2D eigenvalue weighted by atomic mass is 9.46. The molecule has 0 aromatic carbocycles. The molecule has 2 aliphatic carbocycles. The van der Waals surface area contributed by atoms with Crippen molar-refractivity contribution in [3.05, 3.63) is 0 Å². The standard InChI is InChI=1S/C13H20F3NO/c1-8(7-13(14,15)16)17-10-9-3-6-18-11(9)12(10)4-2-5-12/h8-11,17H,2-7H2,1H3/t8-,9+,10-,11+/m1/s1. The number of alkyl halides is 3. The predicted molar refractivity (Wildman–Crippen MR) is 61.2 cm³/mol. The van der Waals surface area contributed by atoms with Crippen LogP contribution in [0, 0.1) is 11.3 Å². The van der Waals surface area contributed by atoms with Gasteiger partial charge in [0.05, 0.1) is 12.5 Å². The Hall–Kier alpha value is -0.290. The highest BCUT2D eigenvalue weighted by atomic mass is 19.4. The molecule has 0 aromatic rings. The van der Waals surface area contributed by atoms with Crippen LogP contribution in [0.4, 0.5) is 13.2 Å². The molecule has 2 saturated carbocycles. The Kier molecular flexibility index (Phi) is 2.90. The van der Waals surface area contributed by atoms with Crippen molar-refractivity contribution in [2.24, 2.45) is 11.3 Å². The van der Waals surface area contributed by atoms with Crippen molar-refractivity contribution in [3.8, 4) is 0 Å². The summed E-state index contributed by atoms with van der Waals surface area (Å²) in [4.78, 5) is 0. The lowest BCUT2D eigenvalue weighted by Crippen LogP contribution is -2.72. The lowest BCUT2D eigenvalue weighted by molar-refractivity contribution is -0.183. The third-order valence-corrected chi connectivity index (χ3v) is 5.04. The summed E-state index contributed by atoms with van der Waals surface area (Å²) in [6.45, 7) is 2.42. The van der Waals surface area contributed by atoms with Crippen molar-refractivity contribution < 1.29 is 17.9 Å². The first-order chi connectivity index (χ1) is 8.42. The zero-order chi connectivity index (χ0) is 13.0. The monoisotopic (exact) mass is 263 g/mol. The molecule has 0 radical (unpaired) electrons. The van der Waals surface area contributed by atoms with Gasteiger partial charge in [0.25, 0.3) is 0 Å². The van der Waals surface area contributed by atoms with Crippen molar-refractivity contribution in [1.29, 1.82) is 0 Å². The maximum atomic E-state index is 12.4. The minimum absolute atomic E-state index is 0.168. The van der Waals surface area contributed by atoms with Crippen LogP contribution in [0.5, 0.6) is 0 Å². The molecule has 3 fully saturated rings. The molecule has 0 amide bonds. The maximum Gasteiger partial charge on any atom is 0.390 e. The normalized spacial score (nSPS) is 39.0. The summed E-state index contributed by atoms with van der Waals surface area (Å²) in [5.41, 5.74) is 0.168. The van der Waals surface area contributed by atoms with Crippen molar-refractivity contribution in [2.75, 3.05) is 6.61 Å². The quantitative estimate of drug-likeness (QED) is 0.845. The molecule has 2 nitrogen and oxygen atoms in total. The second-order valence-electron chi connectivity index (χ2n) is 6.20. The molecule has 0 bridgehead atoms. The van der Waals surface area contributed by atoms with Gasteiger partial charge in [-0.25, -0.2) is 0 Å². The van der Waals surface area contributed by atoms with Gasteiger partial charge < -0.3 is 10.1 Å². The van der Waals surface area contributed by atoms with E-state index in [-0.39, 0.29) is 11.5 Å². The zero-order valence-corrected chi connectivity index (χ0v) is 10.6. The molecule has 1 spiro atoms. The van der Waals surface area contributed by atoms with Gasteiger partial charge in [-0.15, -0.1) is 0 Å². The molecule has 18 heavy (non-hydrogen) atoms. The van der Waals surface area contributed by atoms with E-state index in [4.69, 9.17) is 4.74 Å². The largest absolute Gasteiger partial charge is 0.390 e. The van der Waals surface area contributed by atoms with Crippen molar-refractivity contribution in [1.82, 2.24) is 5.32 Å². The number of hydrogen-bond acceptors (Lipinski definition) is 2. The van der Waals surface area contributed by atoms with E-state index >= 15 is 0 Å². The van der Waals surface area contributed by atoms with E-state index in [2.05, 4.69) is 5.32 Å². The fraction of sp³-hybridized carbons (Fsp3) is 1.00. The Morgan fingerprint density at radius 1 is 1.39 bits per heavy atom. The Morgan fingerprint density at radius 3 is 2.67 bits per heavy atom. The maximum absolute atomic E-state index is 12.4. The van der Waals surface area contributed by atoms with Crippen LogP contribution in [0.15, 0.2) is 0 Å². The molecule has 1 heterocycles. The summed E-state index contributed by atoms with van der Waals surface area (Å²) < 4.78 is 42.9. The van der Waals surface area contributed by atoms with E-state index < -0.39 is 18.6 Å². The molecule has 5 heteroatoms. The summed E-state index contributed by atoms with van der Waals surface area (Å²) in [6, 6.07) is -0.245. The number of rotatable bonds is 3. The van der Waals surface area contributed by atoms with E-state index in [9.17, 15) is 13.2 Å². The molecule has 1 aliphatic heterocycles. The van der Waals surface area contributed by atoms with Crippen LogP contribution in [-0.4, -0.2) is 31.0 Å². The molecule has 3 rings (SSSR count). The highest BCUT2D eigenvalue weighted by Gasteiger charge is 2.66. The third-order valence-electron chi connectivity index (χ3n) is 5.04. The van der Waals surface area contributed by atoms with Crippen LogP contribution in [0.1, 0.15) is 39.0 Å². The molecule has 1 saturated heterocycles. The smallest absolute Gasteiger partial charge is 0.377 e. The molecular formula is C13H20F3NO. The summed E-state index contributed by atoms with van der Waals surface area (Å²) in [5, 5.41) is 3.24. The molecule has 104 valence electrons. The van der Waals surface area contributed by atoms with Crippen LogP contribution in [-0.2, 0) is 4.74 Å². The molecule has 0 aromatic heterocycles.